The van der Waals surface area contributed by atoms with Crippen molar-refractivity contribution in [2.45, 2.75) is 6.92 Å². The van der Waals surface area contributed by atoms with E-state index >= 15 is 0 Å². The Labute approximate surface area is 105 Å². The van der Waals surface area contributed by atoms with Crippen LogP contribution in [0.1, 0.15) is 22.8 Å². The molecule has 1 aromatic rings. The summed E-state index contributed by atoms with van der Waals surface area (Å²) >= 11 is 0. The number of hydrogen-bond donors (Lipinski definition) is 1. The van der Waals surface area contributed by atoms with Gasteiger partial charge in [0.05, 0.1) is 12.7 Å². The summed E-state index contributed by atoms with van der Waals surface area (Å²) in [5.74, 6) is -1.43. The number of hydrogen-bond acceptors (Lipinski definition) is 3. The maximum Gasteiger partial charge on any atom is 0.335 e. The number of benzene rings is 1. The van der Waals surface area contributed by atoms with Gasteiger partial charge in [-0.25, -0.2) is 9.59 Å². The van der Waals surface area contributed by atoms with Crippen LogP contribution in [0.2, 0.25) is 0 Å². The van der Waals surface area contributed by atoms with Gasteiger partial charge in [0.2, 0.25) is 0 Å². The van der Waals surface area contributed by atoms with Crippen LogP contribution in [0.25, 0.3) is 5.57 Å². The Morgan fingerprint density at radius 1 is 1.22 bits per heavy atom. The highest BCUT2D eigenvalue weighted by Gasteiger charge is 2.11. The number of esters is 1. The fourth-order valence-corrected chi connectivity index (χ4v) is 1.54. The van der Waals surface area contributed by atoms with Crippen LogP contribution in [0.3, 0.4) is 0 Å². The zero-order valence-electron chi connectivity index (χ0n) is 10.3. The van der Waals surface area contributed by atoms with Gasteiger partial charge >= 0.3 is 11.9 Å². The summed E-state index contributed by atoms with van der Waals surface area (Å²) in [7, 11) is 1.31. The monoisotopic (exact) mass is 246 g/mol. The van der Waals surface area contributed by atoms with E-state index in [-0.39, 0.29) is 5.56 Å². The number of methoxy groups -OCH3 is 1. The molecule has 0 fully saturated rings. The van der Waals surface area contributed by atoms with E-state index in [0.717, 1.165) is 5.56 Å². The number of carboxylic acids is 1. The summed E-state index contributed by atoms with van der Waals surface area (Å²) in [4.78, 5) is 22.2. The van der Waals surface area contributed by atoms with Gasteiger partial charge in [-0.05, 0) is 30.2 Å². The van der Waals surface area contributed by atoms with E-state index in [4.69, 9.17) is 5.11 Å². The number of carbonyl (C=O) groups is 2. The first-order chi connectivity index (χ1) is 8.51. The molecule has 0 heterocycles. The van der Waals surface area contributed by atoms with Crippen molar-refractivity contribution in [1.82, 2.24) is 0 Å². The van der Waals surface area contributed by atoms with Crippen molar-refractivity contribution in [2.24, 2.45) is 0 Å². The Balaban J connectivity index is 3.22. The van der Waals surface area contributed by atoms with Crippen molar-refractivity contribution in [3.8, 4) is 0 Å². The molecule has 0 atom stereocenters. The second-order valence-electron chi connectivity index (χ2n) is 3.62. The van der Waals surface area contributed by atoms with Crippen LogP contribution in [0.4, 0.5) is 0 Å². The first kappa shape index (κ1) is 13.7. The van der Waals surface area contributed by atoms with E-state index in [1.165, 1.54) is 19.2 Å². The van der Waals surface area contributed by atoms with Crippen LogP contribution in [0.5, 0.6) is 0 Å². The number of allylic oxidation sites excluding steroid dienone is 2. The SMILES string of the molecule is C=CC(=C(C)C(=O)OC)c1ccc(C(=O)O)cc1. The lowest BCUT2D eigenvalue weighted by molar-refractivity contribution is -0.135. The van der Waals surface area contributed by atoms with Gasteiger partial charge in [0.15, 0.2) is 0 Å². The predicted molar refractivity (Wildman–Crippen MR) is 68.2 cm³/mol. The number of ether oxygens (including phenoxy) is 1. The highest BCUT2D eigenvalue weighted by molar-refractivity contribution is 5.99. The van der Waals surface area contributed by atoms with E-state index in [1.807, 2.05) is 0 Å². The number of rotatable bonds is 4. The zero-order chi connectivity index (χ0) is 13.7. The Bertz CT molecular complexity index is 509. The minimum absolute atomic E-state index is 0.192. The number of aromatic carboxylic acids is 1. The molecule has 0 saturated carbocycles. The maximum atomic E-state index is 11.4. The average Bonchev–Trinajstić information content (AvgIpc) is 2.39. The lowest BCUT2D eigenvalue weighted by Gasteiger charge is -2.07. The standard InChI is InChI=1S/C14H14O4/c1-4-12(9(2)14(17)18-3)10-5-7-11(8-6-10)13(15)16/h4-8H,1H2,2-3H3,(H,15,16). The zero-order valence-corrected chi connectivity index (χ0v) is 10.3. The van der Waals surface area contributed by atoms with Crippen LogP contribution in [0.15, 0.2) is 42.5 Å². The van der Waals surface area contributed by atoms with Gasteiger partial charge < -0.3 is 9.84 Å². The van der Waals surface area contributed by atoms with Crippen LogP contribution in [-0.4, -0.2) is 24.2 Å². The Morgan fingerprint density at radius 3 is 2.11 bits per heavy atom. The van der Waals surface area contributed by atoms with Gasteiger partial charge in [-0.2, -0.15) is 0 Å². The molecular weight excluding hydrogens is 232 g/mol. The lowest BCUT2D eigenvalue weighted by Crippen LogP contribution is -2.04. The summed E-state index contributed by atoms with van der Waals surface area (Å²) in [6.45, 7) is 5.28. The Morgan fingerprint density at radius 2 is 1.72 bits per heavy atom. The number of carbonyl (C=O) groups excluding carboxylic acids is 1. The molecule has 0 aliphatic rings. The quantitative estimate of drug-likeness (QED) is 0.503. The van der Waals surface area contributed by atoms with Gasteiger partial charge in [-0.3, -0.25) is 0 Å². The largest absolute Gasteiger partial charge is 0.478 e. The van der Waals surface area contributed by atoms with Gasteiger partial charge in [0.25, 0.3) is 0 Å². The van der Waals surface area contributed by atoms with Crippen molar-refractivity contribution >= 4 is 17.5 Å². The minimum Gasteiger partial charge on any atom is -0.478 e. The molecule has 18 heavy (non-hydrogen) atoms. The first-order valence-electron chi connectivity index (χ1n) is 5.26. The van der Waals surface area contributed by atoms with E-state index in [9.17, 15) is 9.59 Å². The molecule has 94 valence electrons. The molecule has 0 aliphatic heterocycles. The van der Waals surface area contributed by atoms with Gasteiger partial charge in [0, 0.05) is 5.57 Å². The second kappa shape index (κ2) is 5.82. The second-order valence-corrected chi connectivity index (χ2v) is 3.62. The highest BCUT2D eigenvalue weighted by Crippen LogP contribution is 2.21. The van der Waals surface area contributed by atoms with Crippen molar-refractivity contribution in [3.05, 3.63) is 53.6 Å². The maximum absolute atomic E-state index is 11.4. The smallest absolute Gasteiger partial charge is 0.335 e. The molecule has 0 aromatic heterocycles. The van der Waals surface area contributed by atoms with Gasteiger partial charge in [-0.15, -0.1) is 0 Å². The minimum atomic E-state index is -0.990. The molecule has 1 aromatic carbocycles. The van der Waals surface area contributed by atoms with E-state index in [0.29, 0.717) is 11.1 Å². The van der Waals surface area contributed by atoms with E-state index in [2.05, 4.69) is 11.3 Å². The molecule has 1 rings (SSSR count). The normalized spacial score (nSPS) is 11.4. The molecule has 0 amide bonds. The third-order valence-electron chi connectivity index (χ3n) is 2.54. The third kappa shape index (κ3) is 2.85. The highest BCUT2D eigenvalue weighted by atomic mass is 16.5. The third-order valence-corrected chi connectivity index (χ3v) is 2.54. The van der Waals surface area contributed by atoms with Crippen molar-refractivity contribution in [2.75, 3.05) is 7.11 Å². The summed E-state index contributed by atoms with van der Waals surface area (Å²) in [6, 6.07) is 6.22. The fourth-order valence-electron chi connectivity index (χ4n) is 1.54. The molecule has 4 nitrogen and oxygen atoms in total. The molecule has 0 bridgehead atoms. The lowest BCUT2D eigenvalue weighted by atomic mass is 9.99. The molecule has 0 saturated heterocycles. The number of carboxylic acid groups (broad SMARTS) is 1. The molecule has 0 unspecified atom stereocenters. The fraction of sp³-hybridized carbons (Fsp3) is 0.143. The summed E-state index contributed by atoms with van der Waals surface area (Å²) in [5.41, 5.74) is 1.96. The van der Waals surface area contributed by atoms with Crippen LogP contribution in [-0.2, 0) is 9.53 Å². The Hall–Kier alpha value is -2.36. The Kier molecular flexibility index (Phi) is 4.43. The van der Waals surface area contributed by atoms with E-state index in [1.54, 1.807) is 25.1 Å². The van der Waals surface area contributed by atoms with E-state index < -0.39 is 11.9 Å². The summed E-state index contributed by atoms with van der Waals surface area (Å²) < 4.78 is 4.64. The first-order valence-corrected chi connectivity index (χ1v) is 5.26. The molecule has 1 N–H and O–H groups in total. The molecule has 4 heteroatoms. The molecule has 0 radical (unpaired) electrons. The van der Waals surface area contributed by atoms with Crippen molar-refractivity contribution < 1.29 is 19.4 Å². The molecule has 0 spiro atoms. The predicted octanol–water partition coefficient (Wildman–Crippen LogP) is 2.52. The molecule has 0 aliphatic carbocycles. The molecular formula is C14H14O4. The van der Waals surface area contributed by atoms with Gasteiger partial charge in [0.1, 0.15) is 0 Å². The van der Waals surface area contributed by atoms with Crippen molar-refractivity contribution in [3.63, 3.8) is 0 Å². The summed E-state index contributed by atoms with van der Waals surface area (Å²) in [5, 5.41) is 8.80. The van der Waals surface area contributed by atoms with Crippen LogP contribution in [0, 0.1) is 0 Å². The summed E-state index contributed by atoms with van der Waals surface area (Å²) in [6.07, 6.45) is 1.54. The van der Waals surface area contributed by atoms with Crippen molar-refractivity contribution in [1.29, 1.82) is 0 Å². The van der Waals surface area contributed by atoms with Gasteiger partial charge in [-0.1, -0.05) is 24.8 Å². The topological polar surface area (TPSA) is 63.6 Å². The van der Waals surface area contributed by atoms with Crippen LogP contribution >= 0.6 is 0 Å². The van der Waals surface area contributed by atoms with Crippen LogP contribution < -0.4 is 0 Å². The average molecular weight is 246 g/mol.